The molecule has 1 saturated carbocycles. The van der Waals surface area contributed by atoms with Gasteiger partial charge in [-0.05, 0) is 64.9 Å². The maximum absolute atomic E-state index is 13.3. The largest absolute Gasteiger partial charge is 0.506 e. The second kappa shape index (κ2) is 5.34. The highest BCUT2D eigenvalue weighted by atomic mass is 79.9. The van der Waals surface area contributed by atoms with Gasteiger partial charge in [0.25, 0.3) is 0 Å². The summed E-state index contributed by atoms with van der Waals surface area (Å²) in [6.07, 6.45) is 7.01. The van der Waals surface area contributed by atoms with E-state index in [4.69, 9.17) is 0 Å². The molecule has 0 bridgehead atoms. The zero-order valence-corrected chi connectivity index (χ0v) is 14.2. The summed E-state index contributed by atoms with van der Waals surface area (Å²) >= 11 is 3.44. The van der Waals surface area contributed by atoms with Crippen LogP contribution in [0.2, 0.25) is 0 Å². The van der Waals surface area contributed by atoms with Gasteiger partial charge in [0.1, 0.15) is 5.75 Å². The van der Waals surface area contributed by atoms with E-state index in [-0.39, 0.29) is 11.7 Å². The van der Waals surface area contributed by atoms with Crippen molar-refractivity contribution < 1.29 is 9.90 Å². The molecule has 0 radical (unpaired) electrons. The first-order chi connectivity index (χ1) is 11.1. The number of benzene rings is 1. The summed E-state index contributed by atoms with van der Waals surface area (Å²) < 4.78 is 0.885. The zero-order chi connectivity index (χ0) is 16.0. The third-order valence-electron chi connectivity index (χ3n) is 4.86. The summed E-state index contributed by atoms with van der Waals surface area (Å²) in [5, 5.41) is 10.3. The van der Waals surface area contributed by atoms with E-state index in [2.05, 4.69) is 20.9 Å². The highest BCUT2D eigenvalue weighted by Crippen LogP contribution is 2.51. The van der Waals surface area contributed by atoms with Crippen LogP contribution >= 0.6 is 15.9 Å². The van der Waals surface area contributed by atoms with Crippen molar-refractivity contribution in [3.05, 3.63) is 52.3 Å². The van der Waals surface area contributed by atoms with Crippen molar-refractivity contribution in [3.8, 4) is 5.75 Å². The van der Waals surface area contributed by atoms with E-state index < -0.39 is 5.41 Å². The van der Waals surface area contributed by atoms with E-state index in [1.807, 2.05) is 18.2 Å². The highest BCUT2D eigenvalue weighted by Gasteiger charge is 2.54. The molecule has 1 aliphatic heterocycles. The van der Waals surface area contributed by atoms with Crippen LogP contribution in [0.4, 0.5) is 5.69 Å². The first kappa shape index (κ1) is 14.7. The summed E-state index contributed by atoms with van der Waals surface area (Å²) in [4.78, 5) is 19.3. The number of fused-ring (bicyclic) bond motifs is 1. The number of phenols is 1. The van der Waals surface area contributed by atoms with Gasteiger partial charge in [-0.15, -0.1) is 0 Å². The number of carbonyl (C=O) groups excluding carboxylic acids is 1. The molecule has 2 aliphatic rings. The number of pyridine rings is 1. The lowest BCUT2D eigenvalue weighted by atomic mass is 9.93. The fourth-order valence-electron chi connectivity index (χ4n) is 3.52. The van der Waals surface area contributed by atoms with Crippen LogP contribution in [0, 0.1) is 0 Å². The number of carbonyl (C=O) groups is 1. The van der Waals surface area contributed by atoms with Crippen LogP contribution in [0.5, 0.6) is 5.75 Å². The number of hydrogen-bond donors (Lipinski definition) is 1. The molecule has 1 aliphatic carbocycles. The number of para-hydroxylation sites is 1. The predicted octanol–water partition coefficient (Wildman–Crippen LogP) is 3.56. The van der Waals surface area contributed by atoms with Gasteiger partial charge < -0.3 is 10.0 Å². The molecule has 1 aromatic carbocycles. The molecule has 4 rings (SSSR count). The number of anilines is 1. The fourth-order valence-corrected chi connectivity index (χ4v) is 3.88. The summed E-state index contributed by atoms with van der Waals surface area (Å²) in [5.41, 5.74) is 2.22. The third kappa shape index (κ3) is 2.34. The second-order valence-corrected chi connectivity index (χ2v) is 7.23. The number of aryl methyl sites for hydroxylation is 1. The van der Waals surface area contributed by atoms with Crippen molar-refractivity contribution in [2.45, 2.75) is 31.1 Å². The second-order valence-electron chi connectivity index (χ2n) is 6.32. The standard InChI is InChI=1S/C18H17BrN2O2/c19-14-9-13(10-20-11-14)18(6-7-18)17(23)21-8-2-4-12-3-1-5-15(22)16(12)21/h1,3,5,9-11,22H,2,4,6-8H2. The first-order valence-electron chi connectivity index (χ1n) is 7.86. The molecule has 2 aromatic rings. The summed E-state index contributed by atoms with van der Waals surface area (Å²) in [6, 6.07) is 7.47. The Morgan fingerprint density at radius 2 is 2.13 bits per heavy atom. The smallest absolute Gasteiger partial charge is 0.237 e. The number of halogens is 1. The van der Waals surface area contributed by atoms with Crippen LogP contribution < -0.4 is 4.90 Å². The monoisotopic (exact) mass is 372 g/mol. The fraction of sp³-hybridized carbons (Fsp3) is 0.333. The molecule has 1 aromatic heterocycles. The lowest BCUT2D eigenvalue weighted by Crippen LogP contribution is -2.42. The molecule has 0 unspecified atom stereocenters. The third-order valence-corrected chi connectivity index (χ3v) is 5.29. The van der Waals surface area contributed by atoms with Crippen LogP contribution in [-0.4, -0.2) is 22.5 Å². The van der Waals surface area contributed by atoms with Crippen molar-refractivity contribution in [2.75, 3.05) is 11.4 Å². The van der Waals surface area contributed by atoms with Crippen molar-refractivity contribution in [3.63, 3.8) is 0 Å². The number of aromatic nitrogens is 1. The van der Waals surface area contributed by atoms with E-state index in [0.29, 0.717) is 12.2 Å². The quantitative estimate of drug-likeness (QED) is 0.876. The van der Waals surface area contributed by atoms with Gasteiger partial charge in [0.2, 0.25) is 5.91 Å². The molecule has 4 nitrogen and oxygen atoms in total. The van der Waals surface area contributed by atoms with E-state index >= 15 is 0 Å². The van der Waals surface area contributed by atoms with Gasteiger partial charge in [-0.25, -0.2) is 0 Å². The minimum Gasteiger partial charge on any atom is -0.506 e. The Kier molecular flexibility index (Phi) is 3.41. The Morgan fingerprint density at radius 1 is 1.30 bits per heavy atom. The van der Waals surface area contributed by atoms with Crippen molar-refractivity contribution >= 4 is 27.5 Å². The SMILES string of the molecule is O=C(N1CCCc2cccc(O)c21)C1(c2cncc(Br)c2)CC1. The van der Waals surface area contributed by atoms with Gasteiger partial charge in [-0.1, -0.05) is 12.1 Å². The summed E-state index contributed by atoms with van der Waals surface area (Å²) in [6.45, 7) is 0.659. The van der Waals surface area contributed by atoms with E-state index in [0.717, 1.165) is 41.3 Å². The predicted molar refractivity (Wildman–Crippen MR) is 91.6 cm³/mol. The van der Waals surface area contributed by atoms with Gasteiger partial charge in [-0.2, -0.15) is 0 Å². The first-order valence-corrected chi connectivity index (χ1v) is 8.65. The van der Waals surface area contributed by atoms with Crippen LogP contribution in [0.1, 0.15) is 30.4 Å². The van der Waals surface area contributed by atoms with Gasteiger partial charge in [0.05, 0.1) is 11.1 Å². The lowest BCUT2D eigenvalue weighted by molar-refractivity contribution is -0.121. The molecule has 1 amide bonds. The topological polar surface area (TPSA) is 53.4 Å². The Hall–Kier alpha value is -1.88. The van der Waals surface area contributed by atoms with E-state index in [1.54, 1.807) is 23.4 Å². The molecule has 23 heavy (non-hydrogen) atoms. The molecule has 1 fully saturated rings. The van der Waals surface area contributed by atoms with Crippen LogP contribution in [0.3, 0.4) is 0 Å². The van der Waals surface area contributed by atoms with Crippen LogP contribution in [0.15, 0.2) is 41.1 Å². The number of hydrogen-bond acceptors (Lipinski definition) is 3. The van der Waals surface area contributed by atoms with E-state index in [1.165, 1.54) is 0 Å². The maximum Gasteiger partial charge on any atom is 0.237 e. The minimum absolute atomic E-state index is 0.0832. The summed E-state index contributed by atoms with van der Waals surface area (Å²) in [5.74, 6) is 0.276. The van der Waals surface area contributed by atoms with Crippen molar-refractivity contribution in [1.29, 1.82) is 0 Å². The van der Waals surface area contributed by atoms with E-state index in [9.17, 15) is 9.90 Å². The Labute approximate surface area is 143 Å². The molecule has 118 valence electrons. The van der Waals surface area contributed by atoms with Crippen molar-refractivity contribution in [1.82, 2.24) is 4.98 Å². The molecule has 2 heterocycles. The van der Waals surface area contributed by atoms with Gasteiger partial charge in [-0.3, -0.25) is 9.78 Å². The molecule has 0 atom stereocenters. The normalized spacial score (nSPS) is 18.4. The number of nitrogens with zero attached hydrogens (tertiary/aromatic N) is 2. The number of aromatic hydroxyl groups is 1. The van der Waals surface area contributed by atoms with Gasteiger partial charge in [0.15, 0.2) is 0 Å². The minimum atomic E-state index is -0.479. The van der Waals surface area contributed by atoms with Gasteiger partial charge >= 0.3 is 0 Å². The van der Waals surface area contributed by atoms with Gasteiger partial charge in [0, 0.05) is 23.4 Å². The molecule has 1 N–H and O–H groups in total. The lowest BCUT2D eigenvalue weighted by Gasteiger charge is -2.33. The van der Waals surface area contributed by atoms with Crippen LogP contribution in [-0.2, 0) is 16.6 Å². The molecular weight excluding hydrogens is 356 g/mol. The molecular formula is C18H17BrN2O2. The Bertz CT molecular complexity index is 786. The van der Waals surface area contributed by atoms with Crippen molar-refractivity contribution in [2.24, 2.45) is 0 Å². The zero-order valence-electron chi connectivity index (χ0n) is 12.6. The number of rotatable bonds is 2. The molecule has 0 spiro atoms. The maximum atomic E-state index is 13.3. The highest BCUT2D eigenvalue weighted by molar-refractivity contribution is 9.10. The number of amides is 1. The number of phenolic OH excluding ortho intramolecular Hbond substituents is 1. The average molecular weight is 373 g/mol. The van der Waals surface area contributed by atoms with Crippen LogP contribution in [0.25, 0.3) is 0 Å². The molecule has 5 heteroatoms. The summed E-state index contributed by atoms with van der Waals surface area (Å²) in [7, 11) is 0. The molecule has 0 saturated heterocycles. The Morgan fingerprint density at radius 3 is 2.87 bits per heavy atom. The average Bonchev–Trinajstić information content (AvgIpc) is 3.36. The Balaban J connectivity index is 1.74.